The van der Waals surface area contributed by atoms with E-state index in [9.17, 15) is 4.79 Å². The third-order valence-corrected chi connectivity index (χ3v) is 1.73. The second-order valence-corrected chi connectivity index (χ2v) is 3.13. The van der Waals surface area contributed by atoms with Crippen molar-refractivity contribution in [2.24, 2.45) is 0 Å². The Morgan fingerprint density at radius 1 is 1.36 bits per heavy atom. The number of halogens is 1. The first-order valence-corrected chi connectivity index (χ1v) is 5.24. The lowest BCUT2D eigenvalue weighted by molar-refractivity contribution is -0.120. The van der Waals surface area contributed by atoms with Crippen LogP contribution in [0.15, 0.2) is 0 Å². The molecule has 0 unspecified atom stereocenters. The average Bonchev–Trinajstić information content (AvgIpc) is 2.17. The fourth-order valence-electron chi connectivity index (χ4n) is 0.821. The van der Waals surface area contributed by atoms with Gasteiger partial charge in [0.2, 0.25) is 5.91 Å². The molecule has 0 aliphatic heterocycles. The lowest BCUT2D eigenvalue weighted by Gasteiger charge is -2.04. The van der Waals surface area contributed by atoms with Gasteiger partial charge in [0.1, 0.15) is 0 Å². The monoisotopic (exact) mass is 223 g/mol. The largest absolute Gasteiger partial charge is 0.382 e. The van der Waals surface area contributed by atoms with Crippen molar-refractivity contribution < 1.29 is 14.3 Å². The molecule has 0 saturated heterocycles. The number of hydrogen-bond acceptors (Lipinski definition) is 3. The molecule has 0 saturated carbocycles. The zero-order valence-electron chi connectivity index (χ0n) is 8.55. The topological polar surface area (TPSA) is 47.6 Å². The summed E-state index contributed by atoms with van der Waals surface area (Å²) in [6.45, 7) is 2.50. The number of rotatable bonds is 9. The van der Waals surface area contributed by atoms with Crippen molar-refractivity contribution in [3.8, 4) is 0 Å². The molecule has 1 amide bonds. The summed E-state index contributed by atoms with van der Waals surface area (Å²) in [7, 11) is 1.63. The van der Waals surface area contributed by atoms with Gasteiger partial charge >= 0.3 is 0 Å². The molecule has 0 rings (SSSR count). The number of carbonyl (C=O) groups is 1. The average molecular weight is 224 g/mol. The molecule has 0 radical (unpaired) electrons. The van der Waals surface area contributed by atoms with Gasteiger partial charge in [-0.15, -0.1) is 11.6 Å². The normalized spacial score (nSPS) is 10.1. The summed E-state index contributed by atoms with van der Waals surface area (Å²) in [6, 6.07) is 0. The predicted molar refractivity (Wildman–Crippen MR) is 55.7 cm³/mol. The van der Waals surface area contributed by atoms with Gasteiger partial charge in [-0.1, -0.05) is 0 Å². The van der Waals surface area contributed by atoms with E-state index in [2.05, 4.69) is 5.32 Å². The lowest BCUT2D eigenvalue weighted by atomic mass is 10.4. The number of nitrogens with one attached hydrogen (secondary N) is 1. The molecule has 1 N–H and O–H groups in total. The molecular formula is C9H18ClNO3. The number of ether oxygens (including phenoxy) is 2. The van der Waals surface area contributed by atoms with Crippen LogP contribution in [0.5, 0.6) is 0 Å². The Kier molecular flexibility index (Phi) is 10.5. The highest BCUT2D eigenvalue weighted by Gasteiger charge is 1.97. The second-order valence-electron chi connectivity index (χ2n) is 2.75. The van der Waals surface area contributed by atoms with Crippen molar-refractivity contribution >= 4 is 17.5 Å². The quantitative estimate of drug-likeness (QED) is 0.464. The van der Waals surface area contributed by atoms with Crippen molar-refractivity contribution in [2.75, 3.05) is 39.4 Å². The molecule has 0 aromatic carbocycles. The molecule has 0 aromatic heterocycles. The van der Waals surface area contributed by atoms with E-state index in [4.69, 9.17) is 21.1 Å². The third-order valence-electron chi connectivity index (χ3n) is 1.54. The van der Waals surface area contributed by atoms with Crippen molar-refractivity contribution in [1.82, 2.24) is 5.32 Å². The van der Waals surface area contributed by atoms with Gasteiger partial charge in [0.25, 0.3) is 0 Å². The molecular weight excluding hydrogens is 206 g/mol. The summed E-state index contributed by atoms with van der Waals surface area (Å²) in [5, 5.41) is 2.74. The highest BCUT2D eigenvalue weighted by atomic mass is 35.5. The first-order valence-electron chi connectivity index (χ1n) is 4.70. The number of methoxy groups -OCH3 is 1. The fraction of sp³-hybridized carbons (Fsp3) is 0.889. The molecule has 0 heterocycles. The van der Waals surface area contributed by atoms with Gasteiger partial charge in [0.15, 0.2) is 0 Å². The lowest BCUT2D eigenvalue weighted by Crippen LogP contribution is -2.25. The molecule has 0 aliphatic carbocycles. The Bertz CT molecular complexity index is 144. The van der Waals surface area contributed by atoms with E-state index in [1.807, 2.05) is 0 Å². The first-order chi connectivity index (χ1) is 6.81. The highest BCUT2D eigenvalue weighted by Crippen LogP contribution is 1.85. The summed E-state index contributed by atoms with van der Waals surface area (Å²) in [4.78, 5) is 10.9. The first kappa shape index (κ1) is 13.7. The van der Waals surface area contributed by atoms with E-state index in [1.165, 1.54) is 0 Å². The molecule has 4 nitrogen and oxygen atoms in total. The van der Waals surface area contributed by atoms with Gasteiger partial charge in [0.05, 0.1) is 13.2 Å². The van der Waals surface area contributed by atoms with Crippen LogP contribution >= 0.6 is 11.6 Å². The zero-order chi connectivity index (χ0) is 10.6. The summed E-state index contributed by atoms with van der Waals surface area (Å²) in [6.07, 6.45) is 1.20. The van der Waals surface area contributed by atoms with Crippen LogP contribution in [0.4, 0.5) is 0 Å². The minimum Gasteiger partial charge on any atom is -0.382 e. The summed E-state index contributed by atoms with van der Waals surface area (Å²) >= 11 is 5.39. The van der Waals surface area contributed by atoms with Crippen LogP contribution < -0.4 is 5.32 Å². The van der Waals surface area contributed by atoms with Crippen LogP contribution in [0.3, 0.4) is 0 Å². The van der Waals surface area contributed by atoms with Crippen LogP contribution in [-0.2, 0) is 14.3 Å². The summed E-state index contributed by atoms with van der Waals surface area (Å²) in [5.41, 5.74) is 0. The number of amides is 1. The van der Waals surface area contributed by atoms with Crippen molar-refractivity contribution in [2.45, 2.75) is 12.8 Å². The number of carbonyl (C=O) groups excluding carboxylic acids is 1. The second kappa shape index (κ2) is 10.8. The Morgan fingerprint density at radius 2 is 2.14 bits per heavy atom. The Labute approximate surface area is 89.9 Å². The highest BCUT2D eigenvalue weighted by molar-refractivity contribution is 6.18. The molecule has 5 heteroatoms. The molecule has 84 valence electrons. The van der Waals surface area contributed by atoms with Crippen molar-refractivity contribution in [3.63, 3.8) is 0 Å². The minimum atomic E-state index is -0.00288. The smallest absolute Gasteiger partial charge is 0.221 e. The van der Waals surface area contributed by atoms with Crippen LogP contribution in [-0.4, -0.2) is 45.3 Å². The van der Waals surface area contributed by atoms with Gasteiger partial charge in [-0.3, -0.25) is 4.79 Å². The van der Waals surface area contributed by atoms with E-state index >= 15 is 0 Å². The van der Waals surface area contributed by atoms with Crippen LogP contribution in [0.25, 0.3) is 0 Å². The van der Waals surface area contributed by atoms with E-state index in [-0.39, 0.29) is 5.91 Å². The van der Waals surface area contributed by atoms with Gasteiger partial charge in [-0.2, -0.15) is 0 Å². The molecule has 0 spiro atoms. The van der Waals surface area contributed by atoms with Crippen molar-refractivity contribution in [1.29, 1.82) is 0 Å². The summed E-state index contributed by atoms with van der Waals surface area (Å²) in [5.74, 6) is 0.368. The number of alkyl halides is 1. The molecule has 0 bridgehead atoms. The van der Waals surface area contributed by atoms with E-state index < -0.39 is 0 Å². The zero-order valence-corrected chi connectivity index (χ0v) is 9.31. The molecule has 0 fully saturated rings. The van der Waals surface area contributed by atoms with E-state index in [0.29, 0.717) is 38.7 Å². The Hall–Kier alpha value is -0.320. The van der Waals surface area contributed by atoms with E-state index in [1.54, 1.807) is 7.11 Å². The third kappa shape index (κ3) is 9.77. The minimum absolute atomic E-state index is 0.00288. The fourth-order valence-corrected chi connectivity index (χ4v) is 0.992. The SMILES string of the molecule is COCCOCCCNC(=O)CCCl. The van der Waals surface area contributed by atoms with Crippen molar-refractivity contribution in [3.05, 3.63) is 0 Å². The van der Waals surface area contributed by atoms with Gasteiger partial charge in [0, 0.05) is 32.6 Å². The summed E-state index contributed by atoms with van der Waals surface area (Å²) < 4.78 is 10.0. The Morgan fingerprint density at radius 3 is 2.79 bits per heavy atom. The maximum atomic E-state index is 10.9. The van der Waals surface area contributed by atoms with Gasteiger partial charge in [-0.25, -0.2) is 0 Å². The number of hydrogen-bond donors (Lipinski definition) is 1. The maximum Gasteiger partial charge on any atom is 0.221 e. The standard InChI is InChI=1S/C9H18ClNO3/c1-13-7-8-14-6-2-5-11-9(12)3-4-10/h2-8H2,1H3,(H,11,12). The van der Waals surface area contributed by atoms with Crippen LogP contribution in [0.1, 0.15) is 12.8 Å². The molecule has 0 aliphatic rings. The molecule has 0 atom stereocenters. The van der Waals surface area contributed by atoms with Gasteiger partial charge < -0.3 is 14.8 Å². The van der Waals surface area contributed by atoms with Gasteiger partial charge in [-0.05, 0) is 6.42 Å². The van der Waals surface area contributed by atoms with E-state index in [0.717, 1.165) is 6.42 Å². The maximum absolute atomic E-state index is 10.9. The molecule has 0 aromatic rings. The molecule has 14 heavy (non-hydrogen) atoms. The Balaban J connectivity index is 3.01. The predicted octanol–water partition coefficient (Wildman–Crippen LogP) is 0.785. The van der Waals surface area contributed by atoms with Crippen LogP contribution in [0, 0.1) is 0 Å². The van der Waals surface area contributed by atoms with Crippen LogP contribution in [0.2, 0.25) is 0 Å².